The fourth-order valence-electron chi connectivity index (χ4n) is 5.51. The summed E-state index contributed by atoms with van der Waals surface area (Å²) in [4.78, 5) is 27.3. The lowest BCUT2D eigenvalue weighted by Gasteiger charge is -2.57. The normalized spacial score (nSPS) is 25.1. The van der Waals surface area contributed by atoms with Crippen molar-refractivity contribution in [2.45, 2.75) is 76.3 Å². The molecule has 0 saturated carbocycles. The number of aliphatic carboxylic acids is 1. The lowest BCUT2D eigenvalue weighted by Crippen LogP contribution is -2.70. The first kappa shape index (κ1) is 23.9. The van der Waals surface area contributed by atoms with E-state index in [-0.39, 0.29) is 28.3 Å². The van der Waals surface area contributed by atoms with E-state index in [2.05, 4.69) is 65.1 Å². The first-order valence-electron chi connectivity index (χ1n) is 11.4. The van der Waals surface area contributed by atoms with Gasteiger partial charge in [-0.15, -0.1) is 11.8 Å². The van der Waals surface area contributed by atoms with Crippen LogP contribution in [0.1, 0.15) is 45.2 Å². The van der Waals surface area contributed by atoms with Crippen molar-refractivity contribution in [3.05, 3.63) is 45.3 Å². The van der Waals surface area contributed by atoms with Crippen LogP contribution in [0.5, 0.6) is 0 Å². The number of carbonyl (C=O) groups is 2. The first-order valence-corrected chi connectivity index (χ1v) is 15.9. The second kappa shape index (κ2) is 8.53. The molecule has 2 aliphatic heterocycles. The molecular weight excluding hydrogens is 458 g/mol. The van der Waals surface area contributed by atoms with Crippen LogP contribution >= 0.6 is 23.5 Å². The van der Waals surface area contributed by atoms with E-state index >= 15 is 0 Å². The maximum atomic E-state index is 13.5. The third kappa shape index (κ3) is 3.77. The summed E-state index contributed by atoms with van der Waals surface area (Å²) >= 11 is 3.20. The average Bonchev–Trinajstić information content (AvgIpc) is 3.24. The van der Waals surface area contributed by atoms with Crippen LogP contribution in [0.15, 0.2) is 34.2 Å². The van der Waals surface area contributed by atoms with E-state index in [1.807, 2.05) is 0 Å². The molecule has 3 aliphatic rings. The van der Waals surface area contributed by atoms with Gasteiger partial charge in [0.2, 0.25) is 5.91 Å². The number of amides is 1. The van der Waals surface area contributed by atoms with Gasteiger partial charge in [0.1, 0.15) is 5.37 Å². The van der Waals surface area contributed by atoms with Gasteiger partial charge >= 0.3 is 5.97 Å². The summed E-state index contributed by atoms with van der Waals surface area (Å²) < 4.78 is 7.42. The summed E-state index contributed by atoms with van der Waals surface area (Å²) in [7, 11) is -1.44. The van der Waals surface area contributed by atoms with Crippen molar-refractivity contribution in [2.75, 3.05) is 0 Å². The van der Waals surface area contributed by atoms with Crippen LogP contribution in [0.2, 0.25) is 13.1 Å². The van der Waals surface area contributed by atoms with Crippen LogP contribution < -0.4 is 0 Å². The van der Waals surface area contributed by atoms with Crippen LogP contribution in [0.25, 0.3) is 0 Å². The lowest BCUT2D eigenvalue weighted by atomic mass is 9.64. The number of benzene rings is 1. The Bertz CT molecular complexity index is 948. The summed E-state index contributed by atoms with van der Waals surface area (Å²) in [5.74, 6) is -1.45. The standard InChI is InChI=1S/C24H33NO4S2Si/c1-7-24(23(2,3)4,29-32(5)6)17-19(26)25-18(21(27)28)22(31-20(17)25)30-16-12-14-10-8-9-11-15(14)13-16/h8-11,16-17,20,32H,7,12-13H2,1-6H3,(H,27,28)/t17-,20-,24+/m1/s1. The monoisotopic (exact) mass is 491 g/mol. The molecule has 3 atom stereocenters. The van der Waals surface area contributed by atoms with Crippen molar-refractivity contribution in [1.29, 1.82) is 0 Å². The van der Waals surface area contributed by atoms with Crippen LogP contribution in [0, 0.1) is 11.3 Å². The van der Waals surface area contributed by atoms with E-state index in [4.69, 9.17) is 4.43 Å². The zero-order chi connectivity index (χ0) is 23.4. The van der Waals surface area contributed by atoms with E-state index in [0.717, 1.165) is 23.5 Å². The minimum atomic E-state index is -1.44. The number of fused-ring (bicyclic) bond motifs is 2. The Morgan fingerprint density at radius 3 is 2.31 bits per heavy atom. The minimum absolute atomic E-state index is 0.100. The van der Waals surface area contributed by atoms with Gasteiger partial charge in [0.25, 0.3) is 0 Å². The van der Waals surface area contributed by atoms with Crippen molar-refractivity contribution in [3.8, 4) is 0 Å². The zero-order valence-corrected chi connectivity index (χ0v) is 22.5. The van der Waals surface area contributed by atoms with Crippen LogP contribution in [0.3, 0.4) is 0 Å². The molecule has 2 heterocycles. The van der Waals surface area contributed by atoms with Gasteiger partial charge < -0.3 is 9.53 Å². The number of nitrogens with zero attached hydrogens (tertiary/aromatic N) is 1. The fraction of sp³-hybridized carbons (Fsp3) is 0.583. The number of hydrogen-bond acceptors (Lipinski definition) is 5. The smallest absolute Gasteiger partial charge is 0.354 e. The molecule has 0 spiro atoms. The van der Waals surface area contributed by atoms with Gasteiger partial charge in [-0.3, -0.25) is 9.69 Å². The number of carboxylic acids is 1. The second-order valence-corrected chi connectivity index (χ2v) is 15.2. The molecule has 0 bridgehead atoms. The quantitative estimate of drug-likeness (QED) is 0.434. The second-order valence-electron chi connectivity index (χ2n) is 10.2. The molecule has 1 saturated heterocycles. The van der Waals surface area contributed by atoms with Gasteiger partial charge in [0.15, 0.2) is 14.7 Å². The Morgan fingerprint density at radius 1 is 1.25 bits per heavy atom. The van der Waals surface area contributed by atoms with E-state index in [1.165, 1.54) is 16.0 Å². The van der Waals surface area contributed by atoms with Gasteiger partial charge in [0.05, 0.1) is 15.8 Å². The van der Waals surface area contributed by atoms with E-state index < -0.39 is 20.6 Å². The summed E-state index contributed by atoms with van der Waals surface area (Å²) in [5, 5.41) is 10.1. The van der Waals surface area contributed by atoms with Crippen LogP contribution in [0.4, 0.5) is 0 Å². The summed E-state index contributed by atoms with van der Waals surface area (Å²) in [6.07, 6.45) is 2.59. The molecule has 32 heavy (non-hydrogen) atoms. The molecule has 1 aromatic rings. The Hall–Kier alpha value is -1.22. The molecule has 1 aromatic carbocycles. The highest BCUT2D eigenvalue weighted by Crippen LogP contribution is 2.60. The Labute approximate surface area is 201 Å². The maximum Gasteiger partial charge on any atom is 0.354 e. The van der Waals surface area contributed by atoms with Gasteiger partial charge in [-0.25, -0.2) is 4.79 Å². The predicted molar refractivity (Wildman–Crippen MR) is 134 cm³/mol. The number of β-lactam (4-membered cyclic amide) rings is 1. The number of carbonyl (C=O) groups excluding carboxylic acids is 1. The van der Waals surface area contributed by atoms with Crippen molar-refractivity contribution in [3.63, 3.8) is 0 Å². The number of carboxylic acid groups (broad SMARTS) is 1. The topological polar surface area (TPSA) is 66.8 Å². The van der Waals surface area contributed by atoms with Crippen LogP contribution in [-0.2, 0) is 26.9 Å². The maximum absolute atomic E-state index is 13.5. The molecule has 1 aliphatic carbocycles. The summed E-state index contributed by atoms with van der Waals surface area (Å²) in [5.41, 5.74) is 2.03. The molecule has 1 amide bonds. The Morgan fingerprint density at radius 2 is 1.84 bits per heavy atom. The van der Waals surface area contributed by atoms with E-state index in [1.54, 1.807) is 23.5 Å². The molecular formula is C24H33NO4S2Si. The molecule has 8 heteroatoms. The lowest BCUT2D eigenvalue weighted by molar-refractivity contribution is -0.177. The third-order valence-electron chi connectivity index (χ3n) is 6.94. The van der Waals surface area contributed by atoms with Gasteiger partial charge in [-0.1, -0.05) is 63.7 Å². The average molecular weight is 492 g/mol. The number of hydrogen-bond donors (Lipinski definition) is 1. The Balaban J connectivity index is 1.61. The number of thioether (sulfide) groups is 2. The number of rotatable bonds is 7. The predicted octanol–water partition coefficient (Wildman–Crippen LogP) is 4.87. The first-order chi connectivity index (χ1) is 15.0. The van der Waals surface area contributed by atoms with Crippen molar-refractivity contribution in [1.82, 2.24) is 4.90 Å². The highest BCUT2D eigenvalue weighted by molar-refractivity contribution is 8.23. The molecule has 5 nitrogen and oxygen atoms in total. The molecule has 0 unspecified atom stereocenters. The molecule has 0 aromatic heterocycles. The van der Waals surface area contributed by atoms with Crippen molar-refractivity contribution >= 4 is 44.4 Å². The summed E-state index contributed by atoms with van der Waals surface area (Å²) in [6.45, 7) is 12.8. The molecule has 0 radical (unpaired) electrons. The van der Waals surface area contributed by atoms with Crippen LogP contribution in [-0.4, -0.2) is 47.1 Å². The highest BCUT2D eigenvalue weighted by atomic mass is 32.2. The zero-order valence-electron chi connectivity index (χ0n) is 19.7. The van der Waals surface area contributed by atoms with E-state index in [9.17, 15) is 14.7 Å². The van der Waals surface area contributed by atoms with Gasteiger partial charge in [-0.2, -0.15) is 0 Å². The van der Waals surface area contributed by atoms with Gasteiger partial charge in [0, 0.05) is 5.25 Å². The molecule has 1 N–H and O–H groups in total. The third-order valence-corrected chi connectivity index (χ3v) is 10.6. The van der Waals surface area contributed by atoms with Crippen molar-refractivity contribution < 1.29 is 19.1 Å². The Kier molecular flexibility index (Phi) is 6.37. The largest absolute Gasteiger partial charge is 0.477 e. The minimum Gasteiger partial charge on any atom is -0.477 e. The van der Waals surface area contributed by atoms with Crippen molar-refractivity contribution in [2.24, 2.45) is 11.3 Å². The molecule has 174 valence electrons. The molecule has 1 fully saturated rings. The fourth-order valence-corrected chi connectivity index (χ4v) is 10.4. The van der Waals surface area contributed by atoms with Gasteiger partial charge in [-0.05, 0) is 48.9 Å². The summed E-state index contributed by atoms with van der Waals surface area (Å²) in [6, 6.07) is 8.43. The molecule has 4 rings (SSSR count). The SMILES string of the molecule is CC[C@](O[SiH](C)C)([C@@H]1C(=O)N2C(C(=O)O)=C(SC3Cc4ccccc4C3)S[C@H]12)C(C)(C)C. The van der Waals surface area contributed by atoms with E-state index in [0.29, 0.717) is 5.25 Å². The highest BCUT2D eigenvalue weighted by Gasteiger charge is 2.66.